The molecule has 0 aliphatic heterocycles. The monoisotopic (exact) mass is 301 g/mol. The van der Waals surface area contributed by atoms with E-state index in [2.05, 4.69) is 15.9 Å². The normalized spacial score (nSPS) is 9.62. The number of hydrogen-bond acceptors (Lipinski definition) is 3. The SMILES string of the molecule is CCOC(=O)c1c(Cl)ccc(CBr)c1C#N. The maximum Gasteiger partial charge on any atom is 0.341 e. The van der Waals surface area contributed by atoms with Crippen molar-refractivity contribution in [1.29, 1.82) is 5.26 Å². The largest absolute Gasteiger partial charge is 0.462 e. The fourth-order valence-electron chi connectivity index (χ4n) is 1.26. The van der Waals surface area contributed by atoms with Crippen molar-refractivity contribution < 1.29 is 9.53 Å². The van der Waals surface area contributed by atoms with Crippen molar-refractivity contribution >= 4 is 33.5 Å². The molecule has 0 saturated carbocycles. The second-order valence-corrected chi connectivity index (χ2v) is 3.89. The van der Waals surface area contributed by atoms with E-state index in [9.17, 15) is 4.79 Å². The Bertz CT molecular complexity index is 454. The molecule has 0 saturated heterocycles. The Kier molecular flexibility index (Phi) is 4.78. The van der Waals surface area contributed by atoms with Gasteiger partial charge >= 0.3 is 5.97 Å². The van der Waals surface area contributed by atoms with Crippen molar-refractivity contribution in [1.82, 2.24) is 0 Å². The second-order valence-electron chi connectivity index (χ2n) is 2.92. The van der Waals surface area contributed by atoms with Crippen LogP contribution in [0.4, 0.5) is 0 Å². The van der Waals surface area contributed by atoms with E-state index in [1.54, 1.807) is 19.1 Å². The molecule has 0 N–H and O–H groups in total. The number of carbonyl (C=O) groups excluding carboxylic acids is 1. The Morgan fingerprint density at radius 1 is 1.62 bits per heavy atom. The molecule has 0 aliphatic carbocycles. The third-order valence-electron chi connectivity index (χ3n) is 1.98. The summed E-state index contributed by atoms with van der Waals surface area (Å²) in [6, 6.07) is 5.28. The molecule has 1 aromatic carbocycles. The standard InChI is InChI=1S/C11H9BrClNO2/c1-2-16-11(15)10-8(6-14)7(5-12)3-4-9(10)13/h3-4H,2,5H2,1H3. The van der Waals surface area contributed by atoms with Crippen LogP contribution in [-0.4, -0.2) is 12.6 Å². The maximum absolute atomic E-state index is 11.6. The highest BCUT2D eigenvalue weighted by Gasteiger charge is 2.19. The van der Waals surface area contributed by atoms with E-state index in [0.717, 1.165) is 5.56 Å². The number of benzene rings is 1. The Morgan fingerprint density at radius 3 is 2.81 bits per heavy atom. The lowest BCUT2D eigenvalue weighted by Crippen LogP contribution is -2.09. The van der Waals surface area contributed by atoms with Crippen LogP contribution in [0.5, 0.6) is 0 Å². The van der Waals surface area contributed by atoms with Gasteiger partial charge in [-0.25, -0.2) is 4.79 Å². The van der Waals surface area contributed by atoms with Crippen molar-refractivity contribution in [3.8, 4) is 6.07 Å². The summed E-state index contributed by atoms with van der Waals surface area (Å²) in [6.07, 6.45) is 0. The average Bonchev–Trinajstić information content (AvgIpc) is 2.28. The Morgan fingerprint density at radius 2 is 2.31 bits per heavy atom. The van der Waals surface area contributed by atoms with Crippen LogP contribution >= 0.6 is 27.5 Å². The number of halogens is 2. The van der Waals surface area contributed by atoms with Gasteiger partial charge in [-0.15, -0.1) is 0 Å². The van der Waals surface area contributed by atoms with Crippen molar-refractivity contribution in [2.45, 2.75) is 12.3 Å². The molecule has 0 spiro atoms. The first-order valence-corrected chi connectivity index (χ1v) is 6.10. The van der Waals surface area contributed by atoms with Crippen molar-refractivity contribution in [2.75, 3.05) is 6.61 Å². The molecule has 16 heavy (non-hydrogen) atoms. The van der Waals surface area contributed by atoms with E-state index >= 15 is 0 Å². The number of carbonyl (C=O) groups is 1. The maximum atomic E-state index is 11.6. The molecule has 1 aromatic rings. The summed E-state index contributed by atoms with van der Waals surface area (Å²) in [5.41, 5.74) is 1.13. The summed E-state index contributed by atoms with van der Waals surface area (Å²) in [7, 11) is 0. The van der Waals surface area contributed by atoms with Gasteiger partial charge in [-0.1, -0.05) is 33.6 Å². The van der Waals surface area contributed by atoms with Crippen LogP contribution in [0.3, 0.4) is 0 Å². The van der Waals surface area contributed by atoms with Crippen LogP contribution in [0.2, 0.25) is 5.02 Å². The molecule has 1 rings (SSSR count). The lowest BCUT2D eigenvalue weighted by molar-refractivity contribution is 0.0526. The summed E-state index contributed by atoms with van der Waals surface area (Å²) < 4.78 is 4.86. The number of esters is 1. The van der Waals surface area contributed by atoms with E-state index in [0.29, 0.717) is 5.33 Å². The third-order valence-corrected chi connectivity index (χ3v) is 2.90. The first-order chi connectivity index (χ1) is 7.65. The lowest BCUT2D eigenvalue weighted by atomic mass is 10.0. The van der Waals surface area contributed by atoms with Gasteiger partial charge in [0.2, 0.25) is 0 Å². The van der Waals surface area contributed by atoms with Gasteiger partial charge in [-0.05, 0) is 18.6 Å². The third kappa shape index (κ3) is 2.55. The molecule has 0 radical (unpaired) electrons. The molecule has 0 heterocycles. The highest BCUT2D eigenvalue weighted by Crippen LogP contribution is 2.25. The number of hydrogen-bond donors (Lipinski definition) is 0. The van der Waals surface area contributed by atoms with Gasteiger partial charge in [0.05, 0.1) is 22.8 Å². The smallest absolute Gasteiger partial charge is 0.341 e. The van der Waals surface area contributed by atoms with Crippen molar-refractivity contribution in [2.24, 2.45) is 0 Å². The molecular weight excluding hydrogens is 293 g/mol. The van der Waals surface area contributed by atoms with Gasteiger partial charge in [0.25, 0.3) is 0 Å². The molecule has 84 valence electrons. The minimum Gasteiger partial charge on any atom is -0.462 e. The fourth-order valence-corrected chi connectivity index (χ4v) is 1.96. The van der Waals surface area contributed by atoms with E-state index in [4.69, 9.17) is 21.6 Å². The molecule has 5 heteroatoms. The topological polar surface area (TPSA) is 50.1 Å². The van der Waals surface area contributed by atoms with Crippen molar-refractivity contribution in [3.63, 3.8) is 0 Å². The van der Waals surface area contributed by atoms with E-state index in [1.807, 2.05) is 6.07 Å². The predicted octanol–water partition coefficient (Wildman–Crippen LogP) is 3.28. The van der Waals surface area contributed by atoms with Crippen LogP contribution in [0, 0.1) is 11.3 Å². The van der Waals surface area contributed by atoms with Gasteiger partial charge in [-0.2, -0.15) is 5.26 Å². The molecule has 0 atom stereocenters. The van der Waals surface area contributed by atoms with Crippen LogP contribution in [0.15, 0.2) is 12.1 Å². The fraction of sp³-hybridized carbons (Fsp3) is 0.273. The van der Waals surface area contributed by atoms with Gasteiger partial charge < -0.3 is 4.74 Å². The molecule has 0 aromatic heterocycles. The molecule has 0 unspecified atom stereocenters. The van der Waals surface area contributed by atoms with Crippen LogP contribution in [-0.2, 0) is 10.1 Å². The van der Waals surface area contributed by atoms with Gasteiger partial charge in [0.1, 0.15) is 6.07 Å². The molecule has 3 nitrogen and oxygen atoms in total. The zero-order valence-corrected chi connectivity index (χ0v) is 10.9. The summed E-state index contributed by atoms with van der Waals surface area (Å²) in [4.78, 5) is 11.6. The first kappa shape index (κ1) is 13.0. The van der Waals surface area contributed by atoms with Crippen LogP contribution < -0.4 is 0 Å². The molecule has 0 aliphatic rings. The van der Waals surface area contributed by atoms with Crippen molar-refractivity contribution in [3.05, 3.63) is 33.8 Å². The summed E-state index contributed by atoms with van der Waals surface area (Å²) in [6.45, 7) is 1.95. The highest BCUT2D eigenvalue weighted by atomic mass is 79.9. The summed E-state index contributed by atoms with van der Waals surface area (Å²) in [5, 5.41) is 9.76. The van der Waals surface area contributed by atoms with E-state index < -0.39 is 5.97 Å². The second kappa shape index (κ2) is 5.88. The van der Waals surface area contributed by atoms with Gasteiger partial charge in [-0.3, -0.25) is 0 Å². The predicted molar refractivity (Wildman–Crippen MR) is 64.8 cm³/mol. The zero-order valence-electron chi connectivity index (χ0n) is 8.59. The number of ether oxygens (including phenoxy) is 1. The van der Waals surface area contributed by atoms with E-state index in [-0.39, 0.29) is 22.8 Å². The number of rotatable bonds is 3. The average molecular weight is 303 g/mol. The quantitative estimate of drug-likeness (QED) is 0.636. The molecule has 0 fully saturated rings. The van der Waals surface area contributed by atoms with Crippen LogP contribution in [0.1, 0.15) is 28.4 Å². The Hall–Kier alpha value is -1.05. The first-order valence-electron chi connectivity index (χ1n) is 4.60. The Balaban J connectivity index is 3.35. The number of nitrogens with zero attached hydrogens (tertiary/aromatic N) is 1. The summed E-state index contributed by atoms with van der Waals surface area (Å²) in [5.74, 6) is -0.563. The minimum absolute atomic E-state index is 0.142. The lowest BCUT2D eigenvalue weighted by Gasteiger charge is -2.08. The van der Waals surface area contributed by atoms with Crippen LogP contribution in [0.25, 0.3) is 0 Å². The van der Waals surface area contributed by atoms with Gasteiger partial charge in [0.15, 0.2) is 0 Å². The molecular formula is C11H9BrClNO2. The molecule has 0 amide bonds. The van der Waals surface area contributed by atoms with Gasteiger partial charge in [0, 0.05) is 5.33 Å². The highest BCUT2D eigenvalue weighted by molar-refractivity contribution is 9.08. The zero-order chi connectivity index (χ0) is 12.1. The number of alkyl halides is 1. The number of nitriles is 1. The minimum atomic E-state index is -0.563. The Labute approximate surface area is 107 Å². The van der Waals surface area contributed by atoms with E-state index in [1.165, 1.54) is 0 Å². The molecule has 0 bridgehead atoms. The summed E-state index contributed by atoms with van der Waals surface area (Å²) >= 11 is 9.15.